The van der Waals surface area contributed by atoms with Gasteiger partial charge in [0.25, 0.3) is 5.91 Å². The Bertz CT molecular complexity index is 1230. The van der Waals surface area contributed by atoms with Gasteiger partial charge in [0.1, 0.15) is 11.9 Å². The summed E-state index contributed by atoms with van der Waals surface area (Å²) in [5.74, 6) is -0.379. The fourth-order valence-electron chi connectivity index (χ4n) is 4.52. The van der Waals surface area contributed by atoms with Crippen molar-refractivity contribution < 1.29 is 14.4 Å². The molecule has 34 heavy (non-hydrogen) atoms. The van der Waals surface area contributed by atoms with Crippen LogP contribution in [0.1, 0.15) is 33.2 Å². The smallest absolute Gasteiger partial charge is 0.251 e. The van der Waals surface area contributed by atoms with Gasteiger partial charge in [-0.1, -0.05) is 39.3 Å². The van der Waals surface area contributed by atoms with Gasteiger partial charge in [0.15, 0.2) is 0 Å². The van der Waals surface area contributed by atoms with Gasteiger partial charge in [-0.2, -0.15) is 0 Å². The number of aromatic nitrogens is 1. The fourth-order valence-corrected chi connectivity index (χ4v) is 5.31. The number of fused-ring (bicyclic) bond motifs is 3. The highest BCUT2D eigenvalue weighted by Crippen LogP contribution is 2.41. The van der Waals surface area contributed by atoms with E-state index in [0.717, 1.165) is 27.7 Å². The molecule has 4 rings (SSSR count). The van der Waals surface area contributed by atoms with Crippen molar-refractivity contribution in [3.8, 4) is 0 Å². The van der Waals surface area contributed by atoms with E-state index in [2.05, 4.69) is 31.5 Å². The first-order valence-corrected chi connectivity index (χ1v) is 14.7. The average Bonchev–Trinajstić information content (AvgIpc) is 3.23. The number of rotatable bonds is 6. The summed E-state index contributed by atoms with van der Waals surface area (Å²) in [6.07, 6.45) is 0.393. The Morgan fingerprint density at radius 3 is 2.53 bits per heavy atom. The number of halogens is 2. The summed E-state index contributed by atoms with van der Waals surface area (Å²) in [7, 11) is 4.87. The maximum atomic E-state index is 13.2. The van der Waals surface area contributed by atoms with Crippen molar-refractivity contribution in [2.24, 2.45) is 0 Å². The average molecular weight is 611 g/mol. The molecule has 3 aromatic rings. The summed E-state index contributed by atoms with van der Waals surface area (Å²) < 4.78 is 0. The molecule has 7 nitrogen and oxygen atoms in total. The molecule has 1 aromatic heterocycles. The minimum atomic E-state index is -0.693. The van der Waals surface area contributed by atoms with E-state index in [9.17, 15) is 14.4 Å². The normalized spacial score (nSPS) is 17.4. The number of carbonyl (C=O) groups excluding carboxylic acids is 3. The van der Waals surface area contributed by atoms with E-state index in [-0.39, 0.29) is 23.6 Å². The van der Waals surface area contributed by atoms with Gasteiger partial charge in [0, 0.05) is 42.7 Å². The van der Waals surface area contributed by atoms with Crippen molar-refractivity contribution in [1.82, 2.24) is 20.1 Å². The lowest BCUT2D eigenvalue weighted by atomic mass is 9.87. The number of benzene rings is 2. The maximum Gasteiger partial charge on any atom is 0.251 e. The van der Waals surface area contributed by atoms with E-state index in [0.29, 0.717) is 17.9 Å². The van der Waals surface area contributed by atoms with Crippen molar-refractivity contribution in [3.05, 3.63) is 70.9 Å². The Balaban J connectivity index is 1.86. The van der Waals surface area contributed by atoms with Crippen LogP contribution < -0.4 is 5.32 Å². The van der Waals surface area contributed by atoms with Gasteiger partial charge < -0.3 is 20.1 Å². The number of amides is 3. The van der Waals surface area contributed by atoms with Gasteiger partial charge in [-0.15, -0.1) is 11.6 Å². The molecular formula is C24H24ClIN4O3S. The number of H-pyrrole nitrogens is 1. The highest BCUT2D eigenvalue weighted by Gasteiger charge is 2.43. The third kappa shape index (κ3) is 4.65. The minimum absolute atomic E-state index is 0.160. The molecule has 2 N–H and O–H groups in total. The number of para-hydroxylation sites is 1. The molecule has 0 saturated carbocycles. The number of aromatic amines is 1. The zero-order chi connectivity index (χ0) is 24.4. The topological polar surface area (TPSA) is 85.5 Å². The molecule has 2 aromatic carbocycles. The fraction of sp³-hybridized carbons (Fsp3) is 0.292. The number of hydrogen-bond donors (Lipinski definition) is 2. The van der Waals surface area contributed by atoms with Crippen LogP contribution in [0.15, 0.2) is 48.5 Å². The summed E-state index contributed by atoms with van der Waals surface area (Å²) in [6.45, 7) is 0. The number of likely N-dealkylation sites (N-methyl/N-ethyl adjacent to an activating group) is 1. The first-order valence-electron chi connectivity index (χ1n) is 10.7. The van der Waals surface area contributed by atoms with Crippen LogP contribution in [0, 0.1) is 0 Å². The maximum absolute atomic E-state index is 13.2. The molecule has 2 atom stereocenters. The molecule has 178 valence electrons. The third-order valence-electron chi connectivity index (χ3n) is 6.04. The minimum Gasteiger partial charge on any atom is -0.356 e. The van der Waals surface area contributed by atoms with Crippen molar-refractivity contribution in [2.45, 2.75) is 18.5 Å². The van der Waals surface area contributed by atoms with Gasteiger partial charge in [0.05, 0.1) is 11.9 Å². The molecule has 0 bridgehead atoms. The van der Waals surface area contributed by atoms with Crippen LogP contribution in [-0.2, 0) is 16.0 Å². The molecule has 0 unspecified atom stereocenters. The van der Waals surface area contributed by atoms with Gasteiger partial charge in [-0.3, -0.25) is 14.4 Å². The lowest BCUT2D eigenvalue weighted by molar-refractivity contribution is -0.145. The van der Waals surface area contributed by atoms with Gasteiger partial charge in [-0.05, 0) is 50.5 Å². The standard InChI is InChI=1S/C24H24ClIN4O3S/c1-29(2)24(33)19-11-17-16-5-3-4-6-18(16)28-21(17)22(30(19)20(31)12-25)14-7-9-15(10-8-14)23(32)27-13-34-26/h3-10,19,22,28H,11-13H2,1-2H3,(H,27,32)/t19-,22+/m1/s1. The summed E-state index contributed by atoms with van der Waals surface area (Å²) >= 11 is 8.15. The predicted molar refractivity (Wildman–Crippen MR) is 144 cm³/mol. The van der Waals surface area contributed by atoms with E-state index >= 15 is 0 Å². The second-order valence-electron chi connectivity index (χ2n) is 8.23. The highest BCUT2D eigenvalue weighted by molar-refractivity contribution is 14.2. The summed E-state index contributed by atoms with van der Waals surface area (Å²) in [6, 6.07) is 13.8. The van der Waals surface area contributed by atoms with Gasteiger partial charge in [0.2, 0.25) is 11.8 Å². The van der Waals surface area contributed by atoms with Crippen molar-refractivity contribution in [3.63, 3.8) is 0 Å². The largest absolute Gasteiger partial charge is 0.356 e. The van der Waals surface area contributed by atoms with Crippen molar-refractivity contribution in [1.29, 1.82) is 0 Å². The Morgan fingerprint density at radius 2 is 1.88 bits per heavy atom. The lowest BCUT2D eigenvalue weighted by Gasteiger charge is -2.42. The van der Waals surface area contributed by atoms with Crippen LogP contribution in [0.3, 0.4) is 0 Å². The quantitative estimate of drug-likeness (QED) is 0.250. The second kappa shape index (κ2) is 10.6. The molecule has 0 aliphatic carbocycles. The number of nitrogens with one attached hydrogen (secondary N) is 2. The Labute approximate surface area is 219 Å². The Kier molecular flexibility index (Phi) is 7.73. The molecule has 3 amide bonds. The highest BCUT2D eigenvalue weighted by atomic mass is 127. The number of hydrogen-bond acceptors (Lipinski definition) is 4. The second-order valence-corrected chi connectivity index (χ2v) is 10.9. The monoisotopic (exact) mass is 610 g/mol. The summed E-state index contributed by atoms with van der Waals surface area (Å²) in [5, 5.41) is 3.86. The van der Waals surface area contributed by atoms with E-state index < -0.39 is 12.1 Å². The first kappa shape index (κ1) is 24.9. The van der Waals surface area contributed by atoms with Gasteiger partial charge >= 0.3 is 0 Å². The SMILES string of the molecule is CN(C)C(=O)[C@H]1Cc2c([nH]c3ccccc23)[C@H](c2ccc(C(=O)NCSI)cc2)N1C(=O)CCl. The predicted octanol–water partition coefficient (Wildman–Crippen LogP) is 4.11. The van der Waals surface area contributed by atoms with Crippen LogP contribution >= 0.6 is 41.7 Å². The van der Waals surface area contributed by atoms with Crippen LogP contribution in [0.4, 0.5) is 0 Å². The molecule has 10 heteroatoms. The molecule has 2 heterocycles. The molecule has 0 radical (unpaired) electrons. The molecule has 0 spiro atoms. The van der Waals surface area contributed by atoms with Crippen LogP contribution in [0.5, 0.6) is 0 Å². The number of carbonyl (C=O) groups is 3. The molecule has 1 aliphatic rings. The summed E-state index contributed by atoms with van der Waals surface area (Å²) in [4.78, 5) is 45.3. The first-order chi connectivity index (χ1) is 16.4. The van der Waals surface area contributed by atoms with E-state index in [1.165, 1.54) is 13.8 Å². The van der Waals surface area contributed by atoms with Gasteiger partial charge in [-0.25, -0.2) is 0 Å². The van der Waals surface area contributed by atoms with E-state index in [1.807, 2.05) is 36.4 Å². The van der Waals surface area contributed by atoms with Crippen molar-refractivity contribution >= 4 is 70.4 Å². The Morgan fingerprint density at radius 1 is 1.18 bits per heavy atom. The Hall–Kier alpha value is -2.24. The zero-order valence-electron chi connectivity index (χ0n) is 18.7. The van der Waals surface area contributed by atoms with Crippen LogP contribution in [0.2, 0.25) is 0 Å². The molecular weight excluding hydrogens is 587 g/mol. The van der Waals surface area contributed by atoms with Crippen LogP contribution in [-0.4, -0.2) is 64.4 Å². The molecule has 0 fully saturated rings. The zero-order valence-corrected chi connectivity index (χ0v) is 22.4. The van der Waals surface area contributed by atoms with Crippen LogP contribution in [0.25, 0.3) is 10.9 Å². The number of alkyl halides is 1. The summed E-state index contributed by atoms with van der Waals surface area (Å²) in [5.41, 5.74) is 4.14. The van der Waals surface area contributed by atoms with E-state index in [1.54, 1.807) is 31.1 Å². The van der Waals surface area contributed by atoms with Crippen molar-refractivity contribution in [2.75, 3.05) is 25.9 Å². The third-order valence-corrected chi connectivity index (χ3v) is 7.45. The van der Waals surface area contributed by atoms with E-state index in [4.69, 9.17) is 11.6 Å². The molecule has 1 aliphatic heterocycles. The molecule has 0 saturated heterocycles. The number of nitrogens with zero attached hydrogens (tertiary/aromatic N) is 2. The lowest BCUT2D eigenvalue weighted by Crippen LogP contribution is -2.54.